The van der Waals surface area contributed by atoms with Gasteiger partial charge < -0.3 is 9.64 Å². The molecule has 2 unspecified atom stereocenters. The van der Waals surface area contributed by atoms with Crippen LogP contribution in [0.15, 0.2) is 54.6 Å². The first-order valence-electron chi connectivity index (χ1n) is 8.92. The molecule has 2 aromatic rings. The van der Waals surface area contributed by atoms with E-state index in [-0.39, 0.29) is 12.5 Å². The van der Waals surface area contributed by atoms with Gasteiger partial charge in [0, 0.05) is 6.54 Å². The van der Waals surface area contributed by atoms with E-state index in [0.717, 1.165) is 17.7 Å². The Labute approximate surface area is 161 Å². The molecule has 2 aromatic carbocycles. The molecule has 0 aromatic heterocycles. The summed E-state index contributed by atoms with van der Waals surface area (Å²) < 4.78 is 43.8. The van der Waals surface area contributed by atoms with Gasteiger partial charge in [0.1, 0.15) is 6.61 Å². The minimum atomic E-state index is -4.42. The summed E-state index contributed by atoms with van der Waals surface area (Å²) in [6.45, 7) is 0.426. The number of nitrogens with zero attached hydrogens (tertiary/aromatic N) is 2. The molecule has 0 N–H and O–H groups in total. The normalized spacial score (nSPS) is 19.7. The number of rotatable bonds is 3. The van der Waals surface area contributed by atoms with E-state index >= 15 is 0 Å². The van der Waals surface area contributed by atoms with Crippen molar-refractivity contribution in [3.63, 3.8) is 0 Å². The SMILES string of the molecule is N#CC1CCN(C(=O)OCc2ccccc2)C(c2ccc(C(F)(F)F)cc2)C1. The second-order valence-electron chi connectivity index (χ2n) is 6.72. The van der Waals surface area contributed by atoms with Gasteiger partial charge in [-0.3, -0.25) is 0 Å². The van der Waals surface area contributed by atoms with Crippen molar-refractivity contribution in [1.82, 2.24) is 4.90 Å². The van der Waals surface area contributed by atoms with Crippen molar-refractivity contribution in [2.75, 3.05) is 6.54 Å². The van der Waals surface area contributed by atoms with E-state index in [4.69, 9.17) is 4.74 Å². The van der Waals surface area contributed by atoms with Crippen molar-refractivity contribution < 1.29 is 22.7 Å². The maximum Gasteiger partial charge on any atom is 0.416 e. The van der Waals surface area contributed by atoms with Gasteiger partial charge in [-0.1, -0.05) is 42.5 Å². The van der Waals surface area contributed by atoms with Crippen molar-refractivity contribution in [3.05, 3.63) is 71.3 Å². The quantitative estimate of drug-likeness (QED) is 0.715. The zero-order valence-electron chi connectivity index (χ0n) is 15.0. The van der Waals surface area contributed by atoms with Crippen LogP contribution in [0.3, 0.4) is 0 Å². The van der Waals surface area contributed by atoms with Gasteiger partial charge in [-0.05, 0) is 36.1 Å². The van der Waals surface area contributed by atoms with E-state index in [0.29, 0.717) is 24.9 Å². The lowest BCUT2D eigenvalue weighted by atomic mass is 9.88. The number of alkyl halides is 3. The molecule has 146 valence electrons. The van der Waals surface area contributed by atoms with Crippen molar-refractivity contribution in [2.45, 2.75) is 31.7 Å². The van der Waals surface area contributed by atoms with Gasteiger partial charge in [0.25, 0.3) is 0 Å². The molecular formula is C21H19F3N2O2. The smallest absolute Gasteiger partial charge is 0.416 e. The molecule has 0 aliphatic carbocycles. The Hall–Kier alpha value is -3.01. The van der Waals surface area contributed by atoms with Crippen LogP contribution in [0.25, 0.3) is 0 Å². The number of hydrogen-bond acceptors (Lipinski definition) is 3. The van der Waals surface area contributed by atoms with Crippen molar-refractivity contribution in [3.8, 4) is 6.07 Å². The third kappa shape index (κ3) is 4.63. The zero-order valence-corrected chi connectivity index (χ0v) is 15.0. The third-order valence-corrected chi connectivity index (χ3v) is 4.85. The van der Waals surface area contributed by atoms with Crippen LogP contribution in [0.2, 0.25) is 0 Å². The first-order valence-corrected chi connectivity index (χ1v) is 8.92. The van der Waals surface area contributed by atoms with Crippen LogP contribution < -0.4 is 0 Å². The first-order chi connectivity index (χ1) is 13.4. The molecule has 2 atom stereocenters. The van der Waals surface area contributed by atoms with Gasteiger partial charge in [-0.15, -0.1) is 0 Å². The summed E-state index contributed by atoms with van der Waals surface area (Å²) in [5.74, 6) is -0.259. The highest BCUT2D eigenvalue weighted by Gasteiger charge is 2.35. The molecule has 3 rings (SSSR count). The summed E-state index contributed by atoms with van der Waals surface area (Å²) >= 11 is 0. The summed E-state index contributed by atoms with van der Waals surface area (Å²) in [6.07, 6.45) is -4.09. The summed E-state index contributed by atoms with van der Waals surface area (Å²) in [6, 6.07) is 15.6. The number of amides is 1. The lowest BCUT2D eigenvalue weighted by Crippen LogP contribution is -2.41. The molecule has 1 amide bonds. The second kappa shape index (κ2) is 8.34. The fourth-order valence-corrected chi connectivity index (χ4v) is 3.31. The average Bonchev–Trinajstić information content (AvgIpc) is 2.71. The van der Waals surface area contributed by atoms with Gasteiger partial charge in [0.05, 0.1) is 23.6 Å². The topological polar surface area (TPSA) is 53.3 Å². The van der Waals surface area contributed by atoms with E-state index in [2.05, 4.69) is 6.07 Å². The molecule has 1 aliphatic heterocycles. The molecule has 28 heavy (non-hydrogen) atoms. The largest absolute Gasteiger partial charge is 0.445 e. The Kier molecular flexibility index (Phi) is 5.88. The van der Waals surface area contributed by atoms with E-state index in [1.807, 2.05) is 30.3 Å². The number of piperidine rings is 1. The number of halogens is 3. The van der Waals surface area contributed by atoms with Gasteiger partial charge in [-0.25, -0.2) is 4.79 Å². The molecular weight excluding hydrogens is 369 g/mol. The van der Waals surface area contributed by atoms with E-state index in [1.165, 1.54) is 17.0 Å². The minimum Gasteiger partial charge on any atom is -0.445 e. The molecule has 7 heteroatoms. The number of hydrogen-bond donors (Lipinski definition) is 0. The minimum absolute atomic E-state index is 0.109. The number of carbonyl (C=O) groups excluding carboxylic acids is 1. The highest BCUT2D eigenvalue weighted by atomic mass is 19.4. The van der Waals surface area contributed by atoms with Crippen molar-refractivity contribution in [1.29, 1.82) is 5.26 Å². The number of carbonyl (C=O) groups is 1. The molecule has 4 nitrogen and oxygen atoms in total. The predicted octanol–water partition coefficient (Wildman–Crippen LogP) is 5.32. The van der Waals surface area contributed by atoms with Gasteiger partial charge in [0.2, 0.25) is 0 Å². The number of benzene rings is 2. The standard InChI is InChI=1S/C21H19F3N2O2/c22-21(23,24)18-8-6-17(7-9-18)19-12-16(13-25)10-11-26(19)20(27)28-14-15-4-2-1-3-5-15/h1-9,16,19H,10-12,14H2. The van der Waals surface area contributed by atoms with Gasteiger partial charge in [-0.2, -0.15) is 18.4 Å². The maximum absolute atomic E-state index is 12.8. The summed E-state index contributed by atoms with van der Waals surface area (Å²) in [5.41, 5.74) is 0.653. The fraction of sp³-hybridized carbons (Fsp3) is 0.333. The first kappa shape index (κ1) is 19.7. The fourth-order valence-electron chi connectivity index (χ4n) is 3.31. The van der Waals surface area contributed by atoms with Crippen LogP contribution in [0.5, 0.6) is 0 Å². The number of ether oxygens (including phenoxy) is 1. The number of nitriles is 1. The third-order valence-electron chi connectivity index (χ3n) is 4.85. The number of likely N-dealkylation sites (tertiary alicyclic amines) is 1. The monoisotopic (exact) mass is 388 g/mol. The summed E-state index contributed by atoms with van der Waals surface area (Å²) in [5, 5.41) is 9.25. The molecule has 1 heterocycles. The molecule has 1 fully saturated rings. The average molecular weight is 388 g/mol. The lowest BCUT2D eigenvalue weighted by molar-refractivity contribution is -0.137. The van der Waals surface area contributed by atoms with E-state index in [1.54, 1.807) is 0 Å². The van der Waals surface area contributed by atoms with Crippen LogP contribution >= 0.6 is 0 Å². The Bertz CT molecular complexity index is 845. The highest BCUT2D eigenvalue weighted by Crippen LogP contribution is 2.36. The molecule has 1 saturated heterocycles. The summed E-state index contributed by atoms with van der Waals surface area (Å²) in [7, 11) is 0. The Morgan fingerprint density at radius 1 is 1.14 bits per heavy atom. The highest BCUT2D eigenvalue weighted by molar-refractivity contribution is 5.68. The second-order valence-corrected chi connectivity index (χ2v) is 6.72. The Balaban J connectivity index is 1.76. The van der Waals surface area contributed by atoms with Gasteiger partial charge >= 0.3 is 12.3 Å². The van der Waals surface area contributed by atoms with Crippen LogP contribution in [-0.4, -0.2) is 17.5 Å². The molecule has 0 radical (unpaired) electrons. The molecule has 0 spiro atoms. The van der Waals surface area contributed by atoms with E-state index in [9.17, 15) is 23.2 Å². The van der Waals surface area contributed by atoms with Gasteiger partial charge in [0.15, 0.2) is 0 Å². The zero-order chi connectivity index (χ0) is 20.1. The molecule has 0 saturated carbocycles. The van der Waals surface area contributed by atoms with Crippen molar-refractivity contribution in [2.24, 2.45) is 5.92 Å². The Morgan fingerprint density at radius 2 is 1.82 bits per heavy atom. The van der Waals surface area contributed by atoms with Crippen LogP contribution in [-0.2, 0) is 17.5 Å². The predicted molar refractivity (Wildman–Crippen MR) is 95.9 cm³/mol. The lowest BCUT2D eigenvalue weighted by Gasteiger charge is -2.37. The van der Waals surface area contributed by atoms with Crippen LogP contribution in [0.1, 0.15) is 35.6 Å². The molecule has 1 aliphatic rings. The van der Waals surface area contributed by atoms with Crippen LogP contribution in [0.4, 0.5) is 18.0 Å². The maximum atomic E-state index is 12.8. The summed E-state index contributed by atoms with van der Waals surface area (Å²) in [4.78, 5) is 14.1. The Morgan fingerprint density at radius 3 is 2.43 bits per heavy atom. The van der Waals surface area contributed by atoms with E-state index < -0.39 is 23.9 Å². The van der Waals surface area contributed by atoms with Crippen molar-refractivity contribution >= 4 is 6.09 Å². The van der Waals surface area contributed by atoms with Crippen LogP contribution in [0, 0.1) is 17.2 Å². The molecule has 0 bridgehead atoms.